The van der Waals surface area contributed by atoms with Gasteiger partial charge < -0.3 is 15.5 Å². The SMILES string of the molecule is O=C(O)c1ccc(NC(=O)[C@H](Cc2ccccc2)NC(CCc2ccccc2)C(=O)O)cc1. The van der Waals surface area contributed by atoms with Gasteiger partial charge in [0.1, 0.15) is 6.04 Å². The minimum absolute atomic E-state index is 0.110. The molecule has 0 radical (unpaired) electrons. The van der Waals surface area contributed by atoms with Crippen LogP contribution in [-0.2, 0) is 22.4 Å². The Hall–Kier alpha value is -3.97. The number of carboxylic acids is 2. The van der Waals surface area contributed by atoms with E-state index in [2.05, 4.69) is 10.6 Å². The van der Waals surface area contributed by atoms with Crippen LogP contribution in [0.3, 0.4) is 0 Å². The number of amides is 1. The van der Waals surface area contributed by atoms with Gasteiger partial charge in [0.05, 0.1) is 11.6 Å². The Bertz CT molecular complexity index is 1070. The minimum Gasteiger partial charge on any atom is -0.480 e. The molecule has 0 spiro atoms. The first-order valence-corrected chi connectivity index (χ1v) is 10.6. The molecular formula is C26H26N2O5. The average molecular weight is 447 g/mol. The molecule has 0 aliphatic rings. The summed E-state index contributed by atoms with van der Waals surface area (Å²) in [6, 6.07) is 23.0. The predicted molar refractivity (Wildman–Crippen MR) is 125 cm³/mol. The first-order chi connectivity index (χ1) is 15.9. The van der Waals surface area contributed by atoms with E-state index in [4.69, 9.17) is 5.11 Å². The van der Waals surface area contributed by atoms with Crippen molar-refractivity contribution in [2.45, 2.75) is 31.3 Å². The number of carboxylic acid groups (broad SMARTS) is 2. The van der Waals surface area contributed by atoms with Gasteiger partial charge in [-0.05, 0) is 54.7 Å². The molecule has 0 aromatic heterocycles. The molecule has 33 heavy (non-hydrogen) atoms. The van der Waals surface area contributed by atoms with E-state index in [1.165, 1.54) is 24.3 Å². The van der Waals surface area contributed by atoms with Gasteiger partial charge in [-0.3, -0.25) is 14.9 Å². The van der Waals surface area contributed by atoms with Crippen LogP contribution in [0, 0.1) is 0 Å². The number of rotatable bonds is 11. The van der Waals surface area contributed by atoms with E-state index < -0.39 is 29.9 Å². The monoisotopic (exact) mass is 446 g/mol. The summed E-state index contributed by atoms with van der Waals surface area (Å²) in [6.45, 7) is 0. The molecule has 0 aliphatic heterocycles. The molecule has 7 heteroatoms. The van der Waals surface area contributed by atoms with E-state index in [-0.39, 0.29) is 5.56 Å². The Labute approximate surface area is 192 Å². The van der Waals surface area contributed by atoms with Crippen LogP contribution in [0.4, 0.5) is 5.69 Å². The molecule has 1 amide bonds. The Morgan fingerprint density at radius 3 is 1.85 bits per heavy atom. The molecule has 7 nitrogen and oxygen atoms in total. The lowest BCUT2D eigenvalue weighted by Gasteiger charge is -2.23. The molecule has 3 aromatic rings. The van der Waals surface area contributed by atoms with Crippen molar-refractivity contribution in [1.82, 2.24) is 5.32 Å². The molecule has 0 saturated carbocycles. The summed E-state index contributed by atoms with van der Waals surface area (Å²) in [5, 5.41) is 24.6. The predicted octanol–water partition coefficient (Wildman–Crippen LogP) is 3.61. The zero-order valence-corrected chi connectivity index (χ0v) is 18.0. The Kier molecular flexibility index (Phi) is 8.32. The smallest absolute Gasteiger partial charge is 0.335 e. The lowest BCUT2D eigenvalue weighted by molar-refractivity contribution is -0.140. The number of carbonyl (C=O) groups is 3. The molecule has 0 bridgehead atoms. The number of aromatic carboxylic acids is 1. The van der Waals surface area contributed by atoms with Gasteiger partial charge >= 0.3 is 11.9 Å². The highest BCUT2D eigenvalue weighted by Gasteiger charge is 2.26. The second kappa shape index (κ2) is 11.6. The van der Waals surface area contributed by atoms with Crippen molar-refractivity contribution >= 4 is 23.5 Å². The zero-order chi connectivity index (χ0) is 23.6. The minimum atomic E-state index is -1.06. The fourth-order valence-corrected chi connectivity index (χ4v) is 3.48. The van der Waals surface area contributed by atoms with Crippen LogP contribution in [0.25, 0.3) is 0 Å². The van der Waals surface area contributed by atoms with Gasteiger partial charge in [0.2, 0.25) is 5.91 Å². The fraction of sp³-hybridized carbons (Fsp3) is 0.192. The molecule has 2 atom stereocenters. The molecule has 4 N–H and O–H groups in total. The standard InChI is InChI=1S/C26H26N2O5/c29-24(27-21-14-12-20(13-15-21)25(30)31)23(17-19-9-5-2-6-10-19)28-22(26(32)33)16-11-18-7-3-1-4-8-18/h1-10,12-15,22-23,28H,11,16-17H2,(H,27,29)(H,30,31)(H,32,33)/t22?,23-/m0/s1. The molecule has 0 saturated heterocycles. The van der Waals surface area contributed by atoms with Crippen molar-refractivity contribution in [2.75, 3.05) is 5.32 Å². The van der Waals surface area contributed by atoms with Gasteiger partial charge in [0, 0.05) is 5.69 Å². The Morgan fingerprint density at radius 1 is 0.727 bits per heavy atom. The van der Waals surface area contributed by atoms with Gasteiger partial charge in [-0.25, -0.2) is 4.79 Å². The number of hydrogen-bond acceptors (Lipinski definition) is 4. The molecule has 0 heterocycles. The zero-order valence-electron chi connectivity index (χ0n) is 18.0. The fourth-order valence-electron chi connectivity index (χ4n) is 3.48. The van der Waals surface area contributed by atoms with Crippen molar-refractivity contribution in [3.05, 3.63) is 102 Å². The topological polar surface area (TPSA) is 116 Å². The Morgan fingerprint density at radius 2 is 1.30 bits per heavy atom. The third-order valence-electron chi connectivity index (χ3n) is 5.26. The lowest BCUT2D eigenvalue weighted by Crippen LogP contribution is -2.50. The molecule has 3 aromatic carbocycles. The maximum atomic E-state index is 13.1. The van der Waals surface area contributed by atoms with Crippen molar-refractivity contribution < 1.29 is 24.6 Å². The third-order valence-corrected chi connectivity index (χ3v) is 5.26. The maximum absolute atomic E-state index is 13.1. The number of anilines is 1. The van der Waals surface area contributed by atoms with Crippen LogP contribution >= 0.6 is 0 Å². The highest BCUT2D eigenvalue weighted by atomic mass is 16.4. The first kappa shape index (κ1) is 23.7. The summed E-state index contributed by atoms with van der Waals surface area (Å²) in [5.41, 5.74) is 2.45. The molecule has 0 aliphatic carbocycles. The van der Waals surface area contributed by atoms with Crippen molar-refractivity contribution in [3.8, 4) is 0 Å². The van der Waals surface area contributed by atoms with Gasteiger partial charge in [-0.15, -0.1) is 0 Å². The normalized spacial score (nSPS) is 12.5. The summed E-state index contributed by atoms with van der Waals surface area (Å²) in [6.07, 6.45) is 1.18. The highest BCUT2D eigenvalue weighted by Crippen LogP contribution is 2.13. The summed E-state index contributed by atoms with van der Waals surface area (Å²) < 4.78 is 0. The quantitative estimate of drug-likeness (QED) is 0.358. The third kappa shape index (κ3) is 7.29. The molecule has 0 fully saturated rings. The van der Waals surface area contributed by atoms with Gasteiger partial charge in [0.15, 0.2) is 0 Å². The first-order valence-electron chi connectivity index (χ1n) is 10.6. The van der Waals surface area contributed by atoms with E-state index in [9.17, 15) is 19.5 Å². The lowest BCUT2D eigenvalue weighted by atomic mass is 10.0. The van der Waals surface area contributed by atoms with Crippen LogP contribution < -0.4 is 10.6 Å². The van der Waals surface area contributed by atoms with Crippen molar-refractivity contribution in [2.24, 2.45) is 0 Å². The van der Waals surface area contributed by atoms with E-state index in [0.717, 1.165) is 11.1 Å². The molecule has 170 valence electrons. The summed E-state index contributed by atoms with van der Waals surface area (Å²) in [5.74, 6) is -2.48. The maximum Gasteiger partial charge on any atom is 0.335 e. The number of aryl methyl sites for hydroxylation is 1. The van der Waals surface area contributed by atoms with Gasteiger partial charge in [0.25, 0.3) is 0 Å². The van der Waals surface area contributed by atoms with E-state index in [0.29, 0.717) is 24.9 Å². The van der Waals surface area contributed by atoms with E-state index in [1.807, 2.05) is 60.7 Å². The van der Waals surface area contributed by atoms with Crippen molar-refractivity contribution in [3.63, 3.8) is 0 Å². The summed E-state index contributed by atoms with van der Waals surface area (Å²) in [7, 11) is 0. The van der Waals surface area contributed by atoms with E-state index >= 15 is 0 Å². The molecule has 1 unspecified atom stereocenters. The number of aliphatic carboxylic acids is 1. The number of carbonyl (C=O) groups excluding carboxylic acids is 1. The average Bonchev–Trinajstić information content (AvgIpc) is 2.82. The van der Waals surface area contributed by atoms with Crippen LogP contribution in [0.5, 0.6) is 0 Å². The molecular weight excluding hydrogens is 420 g/mol. The molecule has 3 rings (SSSR count). The summed E-state index contributed by atoms with van der Waals surface area (Å²) >= 11 is 0. The van der Waals surface area contributed by atoms with Gasteiger partial charge in [-0.2, -0.15) is 0 Å². The van der Waals surface area contributed by atoms with Crippen LogP contribution in [0.15, 0.2) is 84.9 Å². The van der Waals surface area contributed by atoms with E-state index in [1.54, 1.807) is 0 Å². The number of hydrogen-bond donors (Lipinski definition) is 4. The van der Waals surface area contributed by atoms with Crippen LogP contribution in [0.1, 0.15) is 27.9 Å². The highest BCUT2D eigenvalue weighted by molar-refractivity contribution is 5.96. The number of benzene rings is 3. The van der Waals surface area contributed by atoms with Crippen molar-refractivity contribution in [1.29, 1.82) is 0 Å². The van der Waals surface area contributed by atoms with Gasteiger partial charge in [-0.1, -0.05) is 60.7 Å². The largest absolute Gasteiger partial charge is 0.480 e. The second-order valence-corrected chi connectivity index (χ2v) is 7.70. The Balaban J connectivity index is 1.74. The number of nitrogens with one attached hydrogen (secondary N) is 2. The summed E-state index contributed by atoms with van der Waals surface area (Å²) in [4.78, 5) is 36.1. The van der Waals surface area contributed by atoms with Crippen LogP contribution in [0.2, 0.25) is 0 Å². The van der Waals surface area contributed by atoms with Crippen LogP contribution in [-0.4, -0.2) is 40.1 Å². The second-order valence-electron chi connectivity index (χ2n) is 7.70.